The second-order valence-corrected chi connectivity index (χ2v) is 4.85. The molecule has 2 nitrogen and oxygen atoms in total. The zero-order chi connectivity index (χ0) is 13.0. The minimum absolute atomic E-state index is 0.216. The van der Waals surface area contributed by atoms with E-state index in [-0.39, 0.29) is 12.4 Å². The minimum Gasteiger partial charge on any atom is -0.457 e. The molecule has 2 aromatic rings. The van der Waals surface area contributed by atoms with Crippen LogP contribution in [0.25, 0.3) is 0 Å². The molecule has 0 aliphatic carbocycles. The van der Waals surface area contributed by atoms with E-state index in [2.05, 4.69) is 0 Å². The molecule has 0 aliphatic heterocycles. The molecule has 0 fully saturated rings. The molecule has 0 saturated heterocycles. The van der Waals surface area contributed by atoms with Gasteiger partial charge in [-0.2, -0.15) is 0 Å². The molecule has 0 unspecified atom stereocenters. The molecule has 0 amide bonds. The van der Waals surface area contributed by atoms with Crippen LogP contribution < -0.4 is 0 Å². The lowest BCUT2D eigenvalue weighted by molar-refractivity contribution is 0.0472. The Hall–Kier alpha value is -1.43. The van der Waals surface area contributed by atoms with Gasteiger partial charge >= 0.3 is 5.97 Å². The maximum absolute atomic E-state index is 13.1. The number of carbonyl (C=O) groups is 1. The number of halogens is 2. The third-order valence-electron chi connectivity index (χ3n) is 2.37. The summed E-state index contributed by atoms with van der Waals surface area (Å²) in [6.45, 7) is 0.216. The highest BCUT2D eigenvalue weighted by Crippen LogP contribution is 2.14. The number of hydrogen-bond donors (Lipinski definition) is 0. The quantitative estimate of drug-likeness (QED) is 0.618. The zero-order valence-corrected chi connectivity index (χ0v) is 11.6. The number of ether oxygens (including phenoxy) is 1. The largest absolute Gasteiger partial charge is 0.457 e. The van der Waals surface area contributed by atoms with Crippen molar-refractivity contribution in [2.24, 2.45) is 0 Å². The van der Waals surface area contributed by atoms with Gasteiger partial charge in [-0.05, 0) is 46.4 Å². The van der Waals surface area contributed by atoms with Gasteiger partial charge in [-0.3, -0.25) is 0 Å². The summed E-state index contributed by atoms with van der Waals surface area (Å²) in [6.07, 6.45) is 0. The molecule has 0 atom stereocenters. The van der Waals surface area contributed by atoms with Crippen molar-refractivity contribution < 1.29 is 13.9 Å². The predicted molar refractivity (Wildman–Crippen MR) is 74.7 cm³/mol. The predicted octanol–water partition coefficient (Wildman–Crippen LogP) is 3.79. The van der Waals surface area contributed by atoms with Gasteiger partial charge in [0.2, 0.25) is 0 Å². The van der Waals surface area contributed by atoms with E-state index in [0.29, 0.717) is 9.13 Å². The van der Waals surface area contributed by atoms with E-state index in [1.807, 2.05) is 52.9 Å². The molecule has 0 spiro atoms. The number of benzene rings is 2. The summed E-state index contributed by atoms with van der Waals surface area (Å²) in [5, 5.41) is 0. The van der Waals surface area contributed by atoms with Crippen LogP contribution in [0.4, 0.5) is 4.39 Å². The van der Waals surface area contributed by atoms with Crippen LogP contribution in [0.15, 0.2) is 48.5 Å². The number of carbonyl (C=O) groups excluding carboxylic acids is 1. The lowest BCUT2D eigenvalue weighted by atomic mass is 10.2. The number of esters is 1. The molecule has 0 aromatic heterocycles. The Morgan fingerprint density at radius 1 is 1.17 bits per heavy atom. The van der Waals surface area contributed by atoms with Crippen LogP contribution in [0.1, 0.15) is 15.9 Å². The molecule has 0 aliphatic rings. The minimum atomic E-state index is -0.447. The number of rotatable bonds is 3. The van der Waals surface area contributed by atoms with Crippen LogP contribution in [-0.2, 0) is 11.3 Å². The van der Waals surface area contributed by atoms with Gasteiger partial charge in [0, 0.05) is 3.57 Å². The van der Waals surface area contributed by atoms with Crippen molar-refractivity contribution in [3.63, 3.8) is 0 Å². The van der Waals surface area contributed by atoms with Crippen LogP contribution >= 0.6 is 22.6 Å². The second-order valence-electron chi connectivity index (χ2n) is 3.69. The second kappa shape index (κ2) is 5.95. The third-order valence-corrected chi connectivity index (χ3v) is 3.19. The molecular weight excluding hydrogens is 346 g/mol. The van der Waals surface area contributed by atoms with Gasteiger partial charge in [0.05, 0.1) is 5.56 Å². The third kappa shape index (κ3) is 3.29. The standard InChI is InChI=1S/C14H10FIO2/c15-12-7-6-11(8-13(12)16)14(17)18-9-10-4-2-1-3-5-10/h1-8H,9H2. The molecule has 18 heavy (non-hydrogen) atoms. The number of hydrogen-bond acceptors (Lipinski definition) is 2. The molecule has 0 radical (unpaired) electrons. The highest BCUT2D eigenvalue weighted by molar-refractivity contribution is 14.1. The molecule has 0 N–H and O–H groups in total. The van der Waals surface area contributed by atoms with E-state index in [0.717, 1.165) is 5.56 Å². The first kappa shape index (κ1) is 13.0. The summed E-state index contributed by atoms with van der Waals surface area (Å²) in [5.74, 6) is -0.785. The Labute approximate surface area is 118 Å². The summed E-state index contributed by atoms with van der Waals surface area (Å²) < 4.78 is 18.6. The highest BCUT2D eigenvalue weighted by atomic mass is 127. The summed E-state index contributed by atoms with van der Waals surface area (Å²) in [6, 6.07) is 13.6. The van der Waals surface area contributed by atoms with Crippen molar-refractivity contribution in [2.45, 2.75) is 6.61 Å². The van der Waals surface area contributed by atoms with E-state index in [9.17, 15) is 9.18 Å². The first-order valence-electron chi connectivity index (χ1n) is 5.33. The average molecular weight is 356 g/mol. The molecule has 2 rings (SSSR count). The van der Waals surface area contributed by atoms with Gasteiger partial charge in [-0.1, -0.05) is 30.3 Å². The Morgan fingerprint density at radius 3 is 2.56 bits per heavy atom. The SMILES string of the molecule is O=C(OCc1ccccc1)c1ccc(F)c(I)c1. The summed E-state index contributed by atoms with van der Waals surface area (Å²) in [7, 11) is 0. The van der Waals surface area contributed by atoms with Crippen molar-refractivity contribution >= 4 is 28.6 Å². The Bertz CT molecular complexity index is 555. The fourth-order valence-corrected chi connectivity index (χ4v) is 1.94. The first-order chi connectivity index (χ1) is 8.66. The molecule has 0 bridgehead atoms. The molecular formula is C14H10FIO2. The van der Waals surface area contributed by atoms with Gasteiger partial charge in [0.25, 0.3) is 0 Å². The van der Waals surface area contributed by atoms with E-state index in [1.165, 1.54) is 18.2 Å². The van der Waals surface area contributed by atoms with Gasteiger partial charge in [-0.25, -0.2) is 9.18 Å². The molecule has 2 aromatic carbocycles. The topological polar surface area (TPSA) is 26.3 Å². The van der Waals surface area contributed by atoms with Crippen LogP contribution in [0, 0.1) is 9.39 Å². The Kier molecular flexibility index (Phi) is 4.30. The summed E-state index contributed by atoms with van der Waals surface area (Å²) in [4.78, 5) is 11.7. The van der Waals surface area contributed by atoms with E-state index in [4.69, 9.17) is 4.74 Å². The van der Waals surface area contributed by atoms with Crippen molar-refractivity contribution in [2.75, 3.05) is 0 Å². The van der Waals surface area contributed by atoms with Crippen molar-refractivity contribution in [3.8, 4) is 0 Å². The van der Waals surface area contributed by atoms with E-state index < -0.39 is 5.97 Å². The zero-order valence-electron chi connectivity index (χ0n) is 9.40. The van der Waals surface area contributed by atoms with Crippen LogP contribution in [0.2, 0.25) is 0 Å². The van der Waals surface area contributed by atoms with E-state index >= 15 is 0 Å². The average Bonchev–Trinajstić information content (AvgIpc) is 2.40. The molecule has 92 valence electrons. The Morgan fingerprint density at radius 2 is 1.89 bits per heavy atom. The van der Waals surface area contributed by atoms with Crippen LogP contribution in [0.5, 0.6) is 0 Å². The highest BCUT2D eigenvalue weighted by Gasteiger charge is 2.09. The summed E-state index contributed by atoms with van der Waals surface area (Å²) >= 11 is 1.84. The smallest absolute Gasteiger partial charge is 0.338 e. The van der Waals surface area contributed by atoms with Gasteiger partial charge < -0.3 is 4.74 Å². The maximum atomic E-state index is 13.1. The first-order valence-corrected chi connectivity index (χ1v) is 6.41. The van der Waals surface area contributed by atoms with Gasteiger partial charge in [0.1, 0.15) is 12.4 Å². The monoisotopic (exact) mass is 356 g/mol. The molecule has 0 heterocycles. The van der Waals surface area contributed by atoms with Crippen molar-refractivity contribution in [3.05, 3.63) is 69.0 Å². The maximum Gasteiger partial charge on any atom is 0.338 e. The van der Waals surface area contributed by atoms with Crippen LogP contribution in [0.3, 0.4) is 0 Å². The van der Waals surface area contributed by atoms with Gasteiger partial charge in [-0.15, -0.1) is 0 Å². The molecule has 4 heteroatoms. The lowest BCUT2D eigenvalue weighted by Crippen LogP contribution is -2.05. The fraction of sp³-hybridized carbons (Fsp3) is 0.0714. The Balaban J connectivity index is 2.02. The van der Waals surface area contributed by atoms with Crippen molar-refractivity contribution in [1.82, 2.24) is 0 Å². The van der Waals surface area contributed by atoms with Crippen LogP contribution in [-0.4, -0.2) is 5.97 Å². The lowest BCUT2D eigenvalue weighted by Gasteiger charge is -2.05. The van der Waals surface area contributed by atoms with E-state index in [1.54, 1.807) is 0 Å². The fourth-order valence-electron chi connectivity index (χ4n) is 1.43. The normalized spacial score (nSPS) is 10.1. The van der Waals surface area contributed by atoms with Gasteiger partial charge in [0.15, 0.2) is 0 Å². The molecule has 0 saturated carbocycles. The summed E-state index contributed by atoms with van der Waals surface area (Å²) in [5.41, 5.74) is 1.28. The van der Waals surface area contributed by atoms with Crippen molar-refractivity contribution in [1.29, 1.82) is 0 Å².